The number of nitrogens with zero attached hydrogens (tertiary/aromatic N) is 1. The second kappa shape index (κ2) is 7.76. The van der Waals surface area contributed by atoms with Gasteiger partial charge in [-0.2, -0.15) is 0 Å². The van der Waals surface area contributed by atoms with Gasteiger partial charge in [-0.05, 0) is 13.5 Å². The van der Waals surface area contributed by atoms with Crippen molar-refractivity contribution in [2.75, 3.05) is 33.9 Å². The average Bonchev–Trinajstić information content (AvgIpc) is 2.14. The average molecular weight is 202 g/mol. The number of hydrogen-bond acceptors (Lipinski definition) is 3. The van der Waals surface area contributed by atoms with Crippen molar-refractivity contribution in [2.24, 2.45) is 0 Å². The van der Waals surface area contributed by atoms with Gasteiger partial charge < -0.3 is 15.0 Å². The van der Waals surface area contributed by atoms with Gasteiger partial charge in [0.05, 0.1) is 6.61 Å². The van der Waals surface area contributed by atoms with Gasteiger partial charge in [-0.25, -0.2) is 0 Å². The molecule has 4 heteroatoms. The Morgan fingerprint density at radius 1 is 1.57 bits per heavy atom. The van der Waals surface area contributed by atoms with E-state index in [1.807, 2.05) is 13.8 Å². The van der Waals surface area contributed by atoms with E-state index in [-0.39, 0.29) is 11.9 Å². The minimum absolute atomic E-state index is 0.163. The first-order valence-corrected chi connectivity index (χ1v) is 5.08. The van der Waals surface area contributed by atoms with Crippen LogP contribution in [0.15, 0.2) is 0 Å². The van der Waals surface area contributed by atoms with Crippen LogP contribution in [0.4, 0.5) is 0 Å². The molecular weight excluding hydrogens is 180 g/mol. The summed E-state index contributed by atoms with van der Waals surface area (Å²) in [7, 11) is 3.44. The molecule has 0 radical (unpaired) electrons. The van der Waals surface area contributed by atoms with Gasteiger partial charge >= 0.3 is 0 Å². The Morgan fingerprint density at radius 2 is 2.21 bits per heavy atom. The number of carbonyl (C=O) groups excluding carboxylic acids is 1. The highest BCUT2D eigenvalue weighted by Crippen LogP contribution is 1.96. The molecule has 0 spiro atoms. The summed E-state index contributed by atoms with van der Waals surface area (Å²) < 4.78 is 4.91. The number of likely N-dealkylation sites (N-methyl/N-ethyl adjacent to an activating group) is 1. The third-order valence-electron chi connectivity index (χ3n) is 2.09. The van der Waals surface area contributed by atoms with E-state index < -0.39 is 0 Å². The first-order chi connectivity index (χ1) is 6.61. The third kappa shape index (κ3) is 5.94. The zero-order valence-corrected chi connectivity index (χ0v) is 9.67. The molecule has 0 heterocycles. The van der Waals surface area contributed by atoms with E-state index in [1.54, 1.807) is 19.1 Å². The second-order valence-corrected chi connectivity index (χ2v) is 3.47. The minimum atomic E-state index is 0.163. The summed E-state index contributed by atoms with van der Waals surface area (Å²) in [5.41, 5.74) is 0. The number of nitrogens with one attached hydrogen (secondary N) is 1. The number of carbonyl (C=O) groups is 1. The van der Waals surface area contributed by atoms with Crippen LogP contribution in [0.5, 0.6) is 0 Å². The molecule has 0 bridgehead atoms. The number of rotatable bonds is 7. The van der Waals surface area contributed by atoms with Crippen molar-refractivity contribution in [3.63, 3.8) is 0 Å². The number of methoxy groups -OCH3 is 1. The van der Waals surface area contributed by atoms with Crippen LogP contribution in [-0.4, -0.2) is 50.7 Å². The Morgan fingerprint density at radius 3 is 2.71 bits per heavy atom. The van der Waals surface area contributed by atoms with Gasteiger partial charge in [-0.15, -0.1) is 0 Å². The van der Waals surface area contributed by atoms with Crippen molar-refractivity contribution in [1.29, 1.82) is 0 Å². The van der Waals surface area contributed by atoms with Crippen molar-refractivity contribution < 1.29 is 9.53 Å². The molecule has 0 saturated carbocycles. The van der Waals surface area contributed by atoms with E-state index in [0.717, 1.165) is 6.54 Å². The molecule has 1 amide bonds. The van der Waals surface area contributed by atoms with Gasteiger partial charge in [0.2, 0.25) is 5.91 Å². The first kappa shape index (κ1) is 13.4. The maximum absolute atomic E-state index is 11.6. The van der Waals surface area contributed by atoms with E-state index in [9.17, 15) is 4.79 Å². The number of hydrogen-bond donors (Lipinski definition) is 1. The summed E-state index contributed by atoms with van der Waals surface area (Å²) in [5, 5.41) is 3.21. The van der Waals surface area contributed by atoms with Gasteiger partial charge in [-0.3, -0.25) is 4.79 Å². The highest BCUT2D eigenvalue weighted by molar-refractivity contribution is 5.76. The maximum Gasteiger partial charge on any atom is 0.223 e. The zero-order chi connectivity index (χ0) is 11.0. The van der Waals surface area contributed by atoms with Crippen LogP contribution in [0.3, 0.4) is 0 Å². The lowest BCUT2D eigenvalue weighted by Crippen LogP contribution is -2.36. The Labute approximate surface area is 86.6 Å². The number of amides is 1. The van der Waals surface area contributed by atoms with Crippen LogP contribution in [0, 0.1) is 0 Å². The standard InChI is InChI=1S/C10H22N2O2/c1-5-11-9(2)8-10(13)12(3)6-7-14-4/h9,11H,5-8H2,1-4H3. The fourth-order valence-corrected chi connectivity index (χ4v) is 1.19. The van der Waals surface area contributed by atoms with Gasteiger partial charge in [0.15, 0.2) is 0 Å². The highest BCUT2D eigenvalue weighted by Gasteiger charge is 2.11. The largest absolute Gasteiger partial charge is 0.383 e. The summed E-state index contributed by atoms with van der Waals surface area (Å²) in [6.07, 6.45) is 0.550. The smallest absolute Gasteiger partial charge is 0.223 e. The Balaban J connectivity index is 3.71. The summed E-state index contributed by atoms with van der Waals surface area (Å²) in [4.78, 5) is 13.3. The van der Waals surface area contributed by atoms with E-state index in [0.29, 0.717) is 19.6 Å². The summed E-state index contributed by atoms with van der Waals surface area (Å²) >= 11 is 0. The normalized spacial score (nSPS) is 12.6. The fourth-order valence-electron chi connectivity index (χ4n) is 1.19. The Bertz CT molecular complexity index is 162. The molecule has 0 fully saturated rings. The predicted octanol–water partition coefficient (Wildman–Crippen LogP) is 0.479. The lowest BCUT2D eigenvalue weighted by molar-refractivity contribution is -0.130. The molecule has 84 valence electrons. The van der Waals surface area contributed by atoms with Crippen LogP contribution in [0.25, 0.3) is 0 Å². The summed E-state index contributed by atoms with van der Waals surface area (Å²) in [5.74, 6) is 0.163. The molecule has 0 aromatic carbocycles. The molecule has 0 aromatic rings. The summed E-state index contributed by atoms with van der Waals surface area (Å²) in [6.45, 7) is 6.21. The molecule has 0 aliphatic carbocycles. The van der Waals surface area contributed by atoms with Crippen molar-refractivity contribution >= 4 is 5.91 Å². The molecule has 0 rings (SSSR count). The van der Waals surface area contributed by atoms with Crippen molar-refractivity contribution in [3.8, 4) is 0 Å². The molecule has 1 unspecified atom stereocenters. The number of ether oxygens (including phenoxy) is 1. The van der Waals surface area contributed by atoms with Gasteiger partial charge in [0, 0.05) is 33.2 Å². The molecular formula is C10H22N2O2. The van der Waals surface area contributed by atoms with Crippen molar-refractivity contribution in [1.82, 2.24) is 10.2 Å². The van der Waals surface area contributed by atoms with Crippen LogP contribution in [0.1, 0.15) is 20.3 Å². The third-order valence-corrected chi connectivity index (χ3v) is 2.09. The highest BCUT2D eigenvalue weighted by atomic mass is 16.5. The minimum Gasteiger partial charge on any atom is -0.383 e. The van der Waals surface area contributed by atoms with E-state index >= 15 is 0 Å². The quantitative estimate of drug-likeness (QED) is 0.653. The Kier molecular flexibility index (Phi) is 7.42. The van der Waals surface area contributed by atoms with Crippen LogP contribution >= 0.6 is 0 Å². The SMILES string of the molecule is CCNC(C)CC(=O)N(C)CCOC. The molecule has 1 atom stereocenters. The first-order valence-electron chi connectivity index (χ1n) is 5.08. The predicted molar refractivity (Wildman–Crippen MR) is 57.3 cm³/mol. The van der Waals surface area contributed by atoms with E-state index in [4.69, 9.17) is 4.74 Å². The topological polar surface area (TPSA) is 41.6 Å². The van der Waals surface area contributed by atoms with Crippen LogP contribution in [-0.2, 0) is 9.53 Å². The molecule has 0 aliphatic heterocycles. The second-order valence-electron chi connectivity index (χ2n) is 3.47. The fraction of sp³-hybridized carbons (Fsp3) is 0.900. The molecule has 4 nitrogen and oxygen atoms in total. The van der Waals surface area contributed by atoms with E-state index in [1.165, 1.54) is 0 Å². The molecule has 0 aromatic heterocycles. The lowest BCUT2D eigenvalue weighted by atomic mass is 10.2. The molecule has 1 N–H and O–H groups in total. The zero-order valence-electron chi connectivity index (χ0n) is 9.67. The van der Waals surface area contributed by atoms with Gasteiger partial charge in [0.25, 0.3) is 0 Å². The van der Waals surface area contributed by atoms with Crippen LogP contribution < -0.4 is 5.32 Å². The molecule has 14 heavy (non-hydrogen) atoms. The Hall–Kier alpha value is -0.610. The van der Waals surface area contributed by atoms with Crippen molar-refractivity contribution in [3.05, 3.63) is 0 Å². The van der Waals surface area contributed by atoms with Gasteiger partial charge in [-0.1, -0.05) is 6.92 Å². The molecule has 0 aliphatic rings. The van der Waals surface area contributed by atoms with Crippen molar-refractivity contribution in [2.45, 2.75) is 26.3 Å². The van der Waals surface area contributed by atoms with E-state index in [2.05, 4.69) is 5.32 Å². The molecule has 0 saturated heterocycles. The lowest BCUT2D eigenvalue weighted by Gasteiger charge is -2.19. The monoisotopic (exact) mass is 202 g/mol. The summed E-state index contributed by atoms with van der Waals surface area (Å²) in [6, 6.07) is 0.248. The van der Waals surface area contributed by atoms with Crippen LogP contribution in [0.2, 0.25) is 0 Å². The maximum atomic E-state index is 11.6. The van der Waals surface area contributed by atoms with Gasteiger partial charge in [0.1, 0.15) is 0 Å².